The first kappa shape index (κ1) is 13.0. The minimum Gasteiger partial charge on any atom is -0.385 e. The van der Waals surface area contributed by atoms with Crippen LogP contribution in [0.2, 0.25) is 0 Å². The van der Waals surface area contributed by atoms with Crippen LogP contribution in [0.25, 0.3) is 5.69 Å². The van der Waals surface area contributed by atoms with E-state index in [4.69, 9.17) is 0 Å². The Morgan fingerprint density at radius 3 is 2.48 bits per heavy atom. The number of fused-ring (bicyclic) bond motifs is 2. The van der Waals surface area contributed by atoms with E-state index in [1.807, 2.05) is 47.4 Å². The number of para-hydroxylation sites is 1. The molecule has 1 aromatic heterocycles. The summed E-state index contributed by atoms with van der Waals surface area (Å²) in [6, 6.07) is 11.1. The lowest BCUT2D eigenvalue weighted by molar-refractivity contribution is -0.0493. The van der Waals surface area contributed by atoms with E-state index in [2.05, 4.69) is 17.0 Å². The lowest BCUT2D eigenvalue weighted by Gasteiger charge is -2.41. The Bertz CT molecular complexity index is 622. The molecule has 2 saturated heterocycles. The summed E-state index contributed by atoms with van der Waals surface area (Å²) in [6.07, 6.45) is 7.87. The van der Waals surface area contributed by atoms with E-state index < -0.39 is 5.60 Å². The first-order chi connectivity index (χ1) is 10.2. The number of aromatic nitrogens is 2. The van der Waals surface area contributed by atoms with Crippen molar-refractivity contribution in [3.63, 3.8) is 0 Å². The molecule has 2 aliphatic heterocycles. The Morgan fingerprint density at radius 2 is 1.81 bits per heavy atom. The van der Waals surface area contributed by atoms with Crippen molar-refractivity contribution in [1.82, 2.24) is 14.7 Å². The molecule has 2 fully saturated rings. The average molecular weight is 283 g/mol. The first-order valence-electron chi connectivity index (χ1n) is 7.71. The van der Waals surface area contributed by atoms with Crippen LogP contribution < -0.4 is 0 Å². The molecule has 4 heteroatoms. The van der Waals surface area contributed by atoms with Crippen LogP contribution in [-0.2, 0) is 5.60 Å². The molecule has 2 aromatic rings. The molecule has 110 valence electrons. The zero-order valence-corrected chi connectivity index (χ0v) is 12.3. The SMILES string of the molecule is CN1C2CCC1CC(O)(c1cnn(-c3ccccc3)c1)C2. The van der Waals surface area contributed by atoms with Gasteiger partial charge in [0.1, 0.15) is 0 Å². The summed E-state index contributed by atoms with van der Waals surface area (Å²) in [5.74, 6) is 0. The Hall–Kier alpha value is -1.65. The molecule has 0 saturated carbocycles. The van der Waals surface area contributed by atoms with E-state index in [1.54, 1.807) is 0 Å². The lowest BCUT2D eigenvalue weighted by Crippen LogP contribution is -2.47. The van der Waals surface area contributed by atoms with Gasteiger partial charge in [0.25, 0.3) is 0 Å². The number of piperidine rings is 1. The van der Waals surface area contributed by atoms with Crippen molar-refractivity contribution in [1.29, 1.82) is 0 Å². The van der Waals surface area contributed by atoms with Crippen LogP contribution in [0, 0.1) is 0 Å². The predicted molar refractivity (Wildman–Crippen MR) is 81.3 cm³/mol. The summed E-state index contributed by atoms with van der Waals surface area (Å²) in [6.45, 7) is 0. The zero-order chi connectivity index (χ0) is 14.4. The van der Waals surface area contributed by atoms with E-state index in [0.717, 1.165) is 24.1 Å². The highest BCUT2D eigenvalue weighted by molar-refractivity contribution is 5.32. The van der Waals surface area contributed by atoms with Crippen LogP contribution in [0.5, 0.6) is 0 Å². The van der Waals surface area contributed by atoms with Gasteiger partial charge >= 0.3 is 0 Å². The third-order valence-corrected chi connectivity index (χ3v) is 5.27. The molecular weight excluding hydrogens is 262 g/mol. The molecular formula is C17H21N3O. The van der Waals surface area contributed by atoms with Crippen LogP contribution in [0.15, 0.2) is 42.7 Å². The zero-order valence-electron chi connectivity index (χ0n) is 12.3. The van der Waals surface area contributed by atoms with Gasteiger partial charge in [-0.25, -0.2) is 4.68 Å². The predicted octanol–water partition coefficient (Wildman–Crippen LogP) is 2.32. The van der Waals surface area contributed by atoms with Crippen LogP contribution in [0.3, 0.4) is 0 Å². The van der Waals surface area contributed by atoms with Gasteiger partial charge < -0.3 is 10.0 Å². The van der Waals surface area contributed by atoms with Gasteiger partial charge in [0.15, 0.2) is 0 Å². The first-order valence-corrected chi connectivity index (χ1v) is 7.71. The number of benzene rings is 1. The number of hydrogen-bond donors (Lipinski definition) is 1. The highest BCUT2D eigenvalue weighted by atomic mass is 16.3. The lowest BCUT2D eigenvalue weighted by atomic mass is 9.82. The van der Waals surface area contributed by atoms with Crippen molar-refractivity contribution >= 4 is 0 Å². The van der Waals surface area contributed by atoms with Gasteiger partial charge in [0, 0.05) is 23.8 Å². The molecule has 4 rings (SSSR count). The molecule has 2 bridgehead atoms. The van der Waals surface area contributed by atoms with Gasteiger partial charge in [-0.1, -0.05) is 18.2 Å². The fourth-order valence-corrected chi connectivity index (χ4v) is 3.97. The summed E-state index contributed by atoms with van der Waals surface area (Å²) in [7, 11) is 2.19. The quantitative estimate of drug-likeness (QED) is 0.919. The van der Waals surface area contributed by atoms with E-state index >= 15 is 0 Å². The summed E-state index contributed by atoms with van der Waals surface area (Å²) in [5, 5.41) is 15.6. The van der Waals surface area contributed by atoms with Crippen molar-refractivity contribution in [2.75, 3.05) is 7.05 Å². The maximum Gasteiger partial charge on any atom is 0.0956 e. The summed E-state index contributed by atoms with van der Waals surface area (Å²) < 4.78 is 1.85. The van der Waals surface area contributed by atoms with Crippen molar-refractivity contribution in [2.24, 2.45) is 0 Å². The number of nitrogens with zero attached hydrogens (tertiary/aromatic N) is 3. The monoisotopic (exact) mass is 283 g/mol. The van der Waals surface area contributed by atoms with Crippen LogP contribution in [0.4, 0.5) is 0 Å². The van der Waals surface area contributed by atoms with E-state index in [1.165, 1.54) is 12.8 Å². The van der Waals surface area contributed by atoms with Crippen molar-refractivity contribution in [3.8, 4) is 5.69 Å². The molecule has 4 nitrogen and oxygen atoms in total. The Kier molecular flexibility index (Phi) is 2.91. The summed E-state index contributed by atoms with van der Waals surface area (Å²) in [5.41, 5.74) is 1.27. The van der Waals surface area contributed by atoms with Gasteiger partial charge in [-0.2, -0.15) is 5.10 Å². The van der Waals surface area contributed by atoms with Crippen molar-refractivity contribution in [2.45, 2.75) is 43.4 Å². The molecule has 0 radical (unpaired) electrons. The Morgan fingerprint density at radius 1 is 1.14 bits per heavy atom. The third-order valence-electron chi connectivity index (χ3n) is 5.27. The largest absolute Gasteiger partial charge is 0.385 e. The maximum atomic E-state index is 11.1. The second kappa shape index (κ2) is 4.68. The third kappa shape index (κ3) is 2.10. The van der Waals surface area contributed by atoms with Crippen molar-refractivity contribution in [3.05, 3.63) is 48.3 Å². The molecule has 0 spiro atoms. The molecule has 0 amide bonds. The molecule has 0 aliphatic carbocycles. The van der Waals surface area contributed by atoms with Gasteiger partial charge in [0.05, 0.1) is 17.5 Å². The van der Waals surface area contributed by atoms with Gasteiger partial charge in [-0.15, -0.1) is 0 Å². The minimum absolute atomic E-state index is 0.508. The molecule has 3 heterocycles. The number of hydrogen-bond acceptors (Lipinski definition) is 3. The second-order valence-electron chi connectivity index (χ2n) is 6.50. The topological polar surface area (TPSA) is 41.3 Å². The summed E-state index contributed by atoms with van der Waals surface area (Å²) >= 11 is 0. The molecule has 2 atom stereocenters. The normalized spacial score (nSPS) is 32.5. The van der Waals surface area contributed by atoms with E-state index in [0.29, 0.717) is 12.1 Å². The highest BCUT2D eigenvalue weighted by Gasteiger charge is 2.47. The minimum atomic E-state index is -0.717. The van der Waals surface area contributed by atoms with Crippen LogP contribution >= 0.6 is 0 Å². The van der Waals surface area contributed by atoms with Gasteiger partial charge in [-0.3, -0.25) is 0 Å². The molecule has 1 aromatic carbocycles. The standard InChI is InChI=1S/C17H21N3O/c1-19-15-7-8-16(19)10-17(21,9-15)13-11-18-20(12-13)14-5-3-2-4-6-14/h2-6,11-12,15-16,21H,7-10H2,1H3. The van der Waals surface area contributed by atoms with Gasteiger partial charge in [-0.05, 0) is 44.9 Å². The van der Waals surface area contributed by atoms with E-state index in [-0.39, 0.29) is 0 Å². The fraction of sp³-hybridized carbons (Fsp3) is 0.471. The fourth-order valence-electron chi connectivity index (χ4n) is 3.97. The number of aliphatic hydroxyl groups is 1. The molecule has 1 N–H and O–H groups in total. The smallest absolute Gasteiger partial charge is 0.0956 e. The molecule has 2 aliphatic rings. The van der Waals surface area contributed by atoms with E-state index in [9.17, 15) is 5.11 Å². The molecule has 21 heavy (non-hydrogen) atoms. The summed E-state index contributed by atoms with van der Waals surface area (Å²) in [4.78, 5) is 2.44. The Balaban J connectivity index is 1.64. The average Bonchev–Trinajstić information content (AvgIpc) is 3.06. The second-order valence-corrected chi connectivity index (χ2v) is 6.50. The number of rotatable bonds is 2. The Labute approximate surface area is 125 Å². The van der Waals surface area contributed by atoms with Crippen LogP contribution in [0.1, 0.15) is 31.2 Å². The van der Waals surface area contributed by atoms with Crippen LogP contribution in [-0.4, -0.2) is 38.9 Å². The maximum absolute atomic E-state index is 11.1. The van der Waals surface area contributed by atoms with Crippen molar-refractivity contribution < 1.29 is 5.11 Å². The highest BCUT2D eigenvalue weighted by Crippen LogP contribution is 2.44. The van der Waals surface area contributed by atoms with Gasteiger partial charge in [0.2, 0.25) is 0 Å². The molecule has 2 unspecified atom stereocenters.